The van der Waals surface area contributed by atoms with Gasteiger partial charge in [0, 0.05) is 23.5 Å². The van der Waals surface area contributed by atoms with Crippen molar-refractivity contribution in [1.82, 2.24) is 4.90 Å². The number of rotatable bonds is 5. The summed E-state index contributed by atoms with van der Waals surface area (Å²) in [6.07, 6.45) is 5.14. The third-order valence-electron chi connectivity index (χ3n) is 4.45. The minimum Gasteiger partial charge on any atom is -0.342 e. The normalized spacial score (nSPS) is 25.2. The average Bonchev–Trinajstić information content (AvgIpc) is 2.92. The highest BCUT2D eigenvalue weighted by atomic mass is 35.5. The van der Waals surface area contributed by atoms with E-state index < -0.39 is 0 Å². The Hall–Kier alpha value is -0.580. The Bertz CT molecular complexity index is 433. The molecule has 0 spiro atoms. The number of hydrogen-bond acceptors (Lipinski definition) is 3. The van der Waals surface area contributed by atoms with Gasteiger partial charge in [-0.25, -0.2) is 0 Å². The first kappa shape index (κ1) is 18.5. The van der Waals surface area contributed by atoms with E-state index in [1.54, 1.807) is 11.3 Å². The van der Waals surface area contributed by atoms with E-state index in [9.17, 15) is 4.79 Å². The quantitative estimate of drug-likeness (QED) is 0.898. The van der Waals surface area contributed by atoms with Gasteiger partial charge in [0.15, 0.2) is 0 Å². The SMILES string of the molecule is CCN(CCc1cccs1)C(=O)C1CCCCC1(C)N.Cl. The predicted molar refractivity (Wildman–Crippen MR) is 92.1 cm³/mol. The van der Waals surface area contributed by atoms with Gasteiger partial charge in [-0.3, -0.25) is 4.79 Å². The van der Waals surface area contributed by atoms with E-state index in [0.29, 0.717) is 0 Å². The highest BCUT2D eigenvalue weighted by Gasteiger charge is 2.39. The molecule has 0 aliphatic heterocycles. The lowest BCUT2D eigenvalue weighted by molar-refractivity contribution is -0.138. The van der Waals surface area contributed by atoms with Crippen LogP contribution in [0.5, 0.6) is 0 Å². The lowest BCUT2D eigenvalue weighted by atomic mass is 9.74. The second kappa shape index (κ2) is 8.16. The average molecular weight is 331 g/mol. The van der Waals surface area contributed by atoms with Gasteiger partial charge in [-0.2, -0.15) is 0 Å². The van der Waals surface area contributed by atoms with Crippen LogP contribution >= 0.6 is 23.7 Å². The summed E-state index contributed by atoms with van der Waals surface area (Å²) >= 11 is 1.76. The Labute approximate surface area is 138 Å². The summed E-state index contributed by atoms with van der Waals surface area (Å²) in [5.74, 6) is 0.258. The molecule has 3 nitrogen and oxygen atoms in total. The van der Waals surface area contributed by atoms with Crippen molar-refractivity contribution >= 4 is 29.7 Å². The van der Waals surface area contributed by atoms with Gasteiger partial charge >= 0.3 is 0 Å². The molecule has 0 bridgehead atoms. The van der Waals surface area contributed by atoms with Crippen molar-refractivity contribution in [3.63, 3.8) is 0 Å². The Morgan fingerprint density at radius 3 is 2.86 bits per heavy atom. The standard InChI is InChI=1S/C16H26N2OS.ClH/c1-3-18(11-9-13-7-6-12-20-13)15(19)14-8-4-5-10-16(14,2)17;/h6-7,12,14H,3-5,8-11,17H2,1-2H3;1H. The van der Waals surface area contributed by atoms with Gasteiger partial charge in [-0.15, -0.1) is 23.7 Å². The molecule has 2 atom stereocenters. The van der Waals surface area contributed by atoms with Gasteiger partial charge in [-0.05, 0) is 44.6 Å². The van der Waals surface area contributed by atoms with Crippen LogP contribution in [-0.2, 0) is 11.2 Å². The van der Waals surface area contributed by atoms with Crippen LogP contribution in [0.25, 0.3) is 0 Å². The Kier molecular flexibility index (Phi) is 7.17. The second-order valence-electron chi connectivity index (χ2n) is 6.05. The van der Waals surface area contributed by atoms with E-state index in [0.717, 1.165) is 45.2 Å². The molecule has 0 radical (unpaired) electrons. The van der Waals surface area contributed by atoms with Gasteiger partial charge in [0.2, 0.25) is 5.91 Å². The van der Waals surface area contributed by atoms with Crippen LogP contribution in [0.15, 0.2) is 17.5 Å². The first-order valence-corrected chi connectivity index (χ1v) is 8.52. The van der Waals surface area contributed by atoms with Crippen molar-refractivity contribution in [2.24, 2.45) is 11.7 Å². The third kappa shape index (κ3) is 4.70. The first-order valence-electron chi connectivity index (χ1n) is 7.64. The number of carbonyl (C=O) groups is 1. The molecule has 21 heavy (non-hydrogen) atoms. The molecule has 1 aliphatic carbocycles. The number of hydrogen-bond donors (Lipinski definition) is 1. The zero-order chi connectivity index (χ0) is 14.6. The van der Waals surface area contributed by atoms with E-state index in [1.165, 1.54) is 4.88 Å². The fourth-order valence-electron chi connectivity index (χ4n) is 3.11. The first-order chi connectivity index (χ1) is 9.54. The number of thiophene rings is 1. The minimum atomic E-state index is -0.328. The van der Waals surface area contributed by atoms with Gasteiger partial charge < -0.3 is 10.6 Å². The smallest absolute Gasteiger partial charge is 0.227 e. The maximum Gasteiger partial charge on any atom is 0.227 e. The van der Waals surface area contributed by atoms with Crippen molar-refractivity contribution in [2.45, 2.75) is 51.5 Å². The predicted octanol–water partition coefficient (Wildman–Crippen LogP) is 3.47. The third-order valence-corrected chi connectivity index (χ3v) is 5.39. The highest BCUT2D eigenvalue weighted by molar-refractivity contribution is 7.09. The van der Waals surface area contributed by atoms with Crippen LogP contribution in [0, 0.1) is 5.92 Å². The van der Waals surface area contributed by atoms with Gasteiger partial charge in [0.1, 0.15) is 0 Å². The largest absolute Gasteiger partial charge is 0.342 e. The van der Waals surface area contributed by atoms with Crippen LogP contribution in [0.2, 0.25) is 0 Å². The highest BCUT2D eigenvalue weighted by Crippen LogP contribution is 2.33. The molecule has 5 heteroatoms. The summed E-state index contributed by atoms with van der Waals surface area (Å²) in [4.78, 5) is 16.1. The molecule has 1 fully saturated rings. The molecular formula is C16H27ClN2OS. The second-order valence-corrected chi connectivity index (χ2v) is 7.08. The number of nitrogens with two attached hydrogens (primary N) is 1. The molecule has 1 aliphatic rings. The Morgan fingerprint density at radius 2 is 2.29 bits per heavy atom. The number of amides is 1. The molecular weight excluding hydrogens is 304 g/mol. The van der Waals surface area contributed by atoms with Crippen LogP contribution < -0.4 is 5.73 Å². The summed E-state index contributed by atoms with van der Waals surface area (Å²) in [6.45, 7) is 5.68. The Morgan fingerprint density at radius 1 is 1.52 bits per heavy atom. The van der Waals surface area contributed by atoms with Crippen molar-refractivity contribution in [1.29, 1.82) is 0 Å². The van der Waals surface area contributed by atoms with Crippen molar-refractivity contribution in [3.8, 4) is 0 Å². The molecule has 1 aromatic rings. The number of halogens is 1. The van der Waals surface area contributed by atoms with Crippen LogP contribution in [-0.4, -0.2) is 29.4 Å². The lowest BCUT2D eigenvalue weighted by Gasteiger charge is -2.39. The summed E-state index contributed by atoms with van der Waals surface area (Å²) in [7, 11) is 0. The van der Waals surface area contributed by atoms with Gasteiger partial charge in [0.05, 0.1) is 5.92 Å². The van der Waals surface area contributed by atoms with Crippen LogP contribution in [0.3, 0.4) is 0 Å². The fourth-order valence-corrected chi connectivity index (χ4v) is 3.81. The summed E-state index contributed by atoms with van der Waals surface area (Å²) in [5.41, 5.74) is 6.03. The van der Waals surface area contributed by atoms with E-state index in [1.807, 2.05) is 11.8 Å². The lowest BCUT2D eigenvalue weighted by Crippen LogP contribution is -2.54. The summed E-state index contributed by atoms with van der Waals surface area (Å²) in [6, 6.07) is 4.20. The molecule has 2 rings (SSSR count). The topological polar surface area (TPSA) is 46.3 Å². The fraction of sp³-hybridized carbons (Fsp3) is 0.688. The molecule has 120 valence electrons. The maximum atomic E-state index is 12.8. The van der Waals surface area contributed by atoms with Crippen LogP contribution in [0.4, 0.5) is 0 Å². The van der Waals surface area contributed by atoms with Crippen molar-refractivity contribution in [2.75, 3.05) is 13.1 Å². The van der Waals surface area contributed by atoms with E-state index in [-0.39, 0.29) is 29.8 Å². The zero-order valence-electron chi connectivity index (χ0n) is 13.0. The molecule has 1 aromatic heterocycles. The number of nitrogens with zero attached hydrogens (tertiary/aromatic N) is 1. The molecule has 0 aromatic carbocycles. The van der Waals surface area contributed by atoms with E-state index in [2.05, 4.69) is 24.4 Å². The van der Waals surface area contributed by atoms with Crippen molar-refractivity contribution < 1.29 is 4.79 Å². The molecule has 2 unspecified atom stereocenters. The minimum absolute atomic E-state index is 0. The summed E-state index contributed by atoms with van der Waals surface area (Å²) < 4.78 is 0. The maximum absolute atomic E-state index is 12.8. The number of carbonyl (C=O) groups excluding carboxylic acids is 1. The van der Waals surface area contributed by atoms with Crippen LogP contribution in [0.1, 0.15) is 44.4 Å². The van der Waals surface area contributed by atoms with Gasteiger partial charge in [0.25, 0.3) is 0 Å². The van der Waals surface area contributed by atoms with E-state index in [4.69, 9.17) is 5.73 Å². The Balaban J connectivity index is 0.00000220. The molecule has 0 saturated heterocycles. The molecule has 1 amide bonds. The zero-order valence-corrected chi connectivity index (χ0v) is 14.6. The van der Waals surface area contributed by atoms with Gasteiger partial charge in [-0.1, -0.05) is 18.9 Å². The summed E-state index contributed by atoms with van der Waals surface area (Å²) in [5, 5.41) is 2.09. The van der Waals surface area contributed by atoms with E-state index >= 15 is 0 Å². The monoisotopic (exact) mass is 330 g/mol. The molecule has 1 heterocycles. The molecule has 2 N–H and O–H groups in total. The molecule has 1 saturated carbocycles. The van der Waals surface area contributed by atoms with Crippen molar-refractivity contribution in [3.05, 3.63) is 22.4 Å². The number of likely N-dealkylation sites (N-methyl/N-ethyl adjacent to an activating group) is 1.